The van der Waals surface area contributed by atoms with Crippen LogP contribution < -0.4 is 14.8 Å². The van der Waals surface area contributed by atoms with E-state index in [1.165, 1.54) is 23.2 Å². The van der Waals surface area contributed by atoms with E-state index in [1.54, 1.807) is 32.0 Å². The highest BCUT2D eigenvalue weighted by molar-refractivity contribution is 7.89. The molecule has 3 rings (SSSR count). The first-order chi connectivity index (χ1) is 14.3. The number of ether oxygens (including phenoxy) is 3. The molecule has 2 aromatic rings. The van der Waals surface area contributed by atoms with Crippen molar-refractivity contribution in [1.29, 1.82) is 0 Å². The molecule has 164 valence electrons. The zero-order valence-electron chi connectivity index (χ0n) is 17.5. The summed E-state index contributed by atoms with van der Waals surface area (Å²) in [5.74, 6) is 0.690. The van der Waals surface area contributed by atoms with Gasteiger partial charge in [-0.2, -0.15) is 9.40 Å². The van der Waals surface area contributed by atoms with Gasteiger partial charge in [-0.25, -0.2) is 8.42 Å². The minimum absolute atomic E-state index is 0.125. The summed E-state index contributed by atoms with van der Waals surface area (Å²) in [7, 11) is -0.667. The fourth-order valence-corrected chi connectivity index (χ4v) is 5.16. The number of carbonyl (C=O) groups excluding carboxylic acids is 1. The van der Waals surface area contributed by atoms with Crippen LogP contribution in [0.15, 0.2) is 23.1 Å². The van der Waals surface area contributed by atoms with Crippen molar-refractivity contribution in [2.24, 2.45) is 0 Å². The Balaban J connectivity index is 1.78. The van der Waals surface area contributed by atoms with Crippen LogP contribution in [0.4, 0.5) is 5.69 Å². The minimum atomic E-state index is -3.71. The smallest absolute Gasteiger partial charge is 0.246 e. The highest BCUT2D eigenvalue weighted by atomic mass is 32.2. The summed E-state index contributed by atoms with van der Waals surface area (Å²) in [6.07, 6.45) is 0. The second-order valence-corrected chi connectivity index (χ2v) is 8.67. The molecule has 0 radical (unpaired) electrons. The highest BCUT2D eigenvalue weighted by Crippen LogP contribution is 2.30. The Labute approximate surface area is 175 Å². The number of amides is 1. The maximum absolute atomic E-state index is 13.0. The standard InChI is InChI=1S/C19H26N4O6S/c1-13-19(30(25,26)22-7-9-29-10-8-22)14(2)23(21-13)12-18(24)20-15-5-6-16(27-3)17(11-15)28-4/h5-6,11H,7-10,12H2,1-4H3,(H,20,24). The minimum Gasteiger partial charge on any atom is -0.493 e. The number of hydrogen-bond acceptors (Lipinski definition) is 7. The fraction of sp³-hybridized carbons (Fsp3) is 0.474. The third-order valence-corrected chi connectivity index (χ3v) is 7.00. The molecule has 1 N–H and O–H groups in total. The van der Waals surface area contributed by atoms with Crippen LogP contribution in [0.5, 0.6) is 11.5 Å². The van der Waals surface area contributed by atoms with Gasteiger partial charge >= 0.3 is 0 Å². The van der Waals surface area contributed by atoms with E-state index in [9.17, 15) is 13.2 Å². The number of sulfonamides is 1. The molecule has 1 aromatic carbocycles. The molecular formula is C19H26N4O6S. The predicted molar refractivity (Wildman–Crippen MR) is 109 cm³/mol. The van der Waals surface area contributed by atoms with Crippen molar-refractivity contribution >= 4 is 21.6 Å². The second kappa shape index (κ2) is 9.02. The van der Waals surface area contributed by atoms with Crippen LogP contribution in [0.3, 0.4) is 0 Å². The average molecular weight is 439 g/mol. The predicted octanol–water partition coefficient (Wildman–Crippen LogP) is 1.18. The third kappa shape index (κ3) is 4.42. The molecule has 1 aliphatic heterocycles. The molecule has 2 heterocycles. The zero-order chi connectivity index (χ0) is 21.9. The van der Waals surface area contributed by atoms with Gasteiger partial charge < -0.3 is 19.5 Å². The first-order valence-electron chi connectivity index (χ1n) is 9.41. The molecule has 30 heavy (non-hydrogen) atoms. The van der Waals surface area contributed by atoms with Crippen LogP contribution >= 0.6 is 0 Å². The Morgan fingerprint density at radius 3 is 2.47 bits per heavy atom. The van der Waals surface area contributed by atoms with Gasteiger partial charge in [-0.15, -0.1) is 0 Å². The number of morpholine rings is 1. The maximum Gasteiger partial charge on any atom is 0.246 e. The summed E-state index contributed by atoms with van der Waals surface area (Å²) in [5.41, 5.74) is 1.31. The molecule has 0 unspecified atom stereocenters. The average Bonchev–Trinajstić information content (AvgIpc) is 3.01. The van der Waals surface area contributed by atoms with Crippen molar-refractivity contribution in [3.63, 3.8) is 0 Å². The van der Waals surface area contributed by atoms with E-state index in [0.29, 0.717) is 54.9 Å². The van der Waals surface area contributed by atoms with Gasteiger partial charge in [-0.3, -0.25) is 9.48 Å². The van der Waals surface area contributed by atoms with Crippen LogP contribution in [0.2, 0.25) is 0 Å². The molecule has 1 aromatic heterocycles. The number of aryl methyl sites for hydroxylation is 1. The third-order valence-electron chi connectivity index (χ3n) is 4.84. The lowest BCUT2D eigenvalue weighted by molar-refractivity contribution is -0.116. The topological polar surface area (TPSA) is 112 Å². The number of nitrogens with one attached hydrogen (secondary N) is 1. The van der Waals surface area contributed by atoms with Crippen molar-refractivity contribution in [2.75, 3.05) is 45.8 Å². The molecule has 0 spiro atoms. The monoisotopic (exact) mass is 438 g/mol. The van der Waals surface area contributed by atoms with Gasteiger partial charge in [-0.1, -0.05) is 0 Å². The van der Waals surface area contributed by atoms with E-state index in [-0.39, 0.29) is 17.3 Å². The largest absolute Gasteiger partial charge is 0.493 e. The number of aromatic nitrogens is 2. The zero-order valence-corrected chi connectivity index (χ0v) is 18.3. The van der Waals surface area contributed by atoms with E-state index in [2.05, 4.69) is 10.4 Å². The van der Waals surface area contributed by atoms with Crippen molar-refractivity contribution < 1.29 is 27.4 Å². The normalized spacial score (nSPS) is 15.1. The van der Waals surface area contributed by atoms with Crippen LogP contribution in [0.1, 0.15) is 11.4 Å². The first-order valence-corrected chi connectivity index (χ1v) is 10.9. The number of carbonyl (C=O) groups is 1. The van der Waals surface area contributed by atoms with Crippen LogP contribution in [-0.2, 0) is 26.1 Å². The Hall–Kier alpha value is -2.63. The number of benzene rings is 1. The molecule has 0 aliphatic carbocycles. The van der Waals surface area contributed by atoms with Crippen molar-refractivity contribution in [3.05, 3.63) is 29.6 Å². The van der Waals surface area contributed by atoms with Gasteiger partial charge in [-0.05, 0) is 26.0 Å². The SMILES string of the molecule is COc1ccc(NC(=O)Cn2nc(C)c(S(=O)(=O)N3CCOCC3)c2C)cc1OC. The summed E-state index contributed by atoms with van der Waals surface area (Å²) in [6, 6.07) is 5.02. The van der Waals surface area contributed by atoms with Gasteiger partial charge in [0.1, 0.15) is 11.4 Å². The molecule has 11 heteroatoms. The van der Waals surface area contributed by atoms with Gasteiger partial charge in [0.15, 0.2) is 11.5 Å². The Morgan fingerprint density at radius 2 is 1.83 bits per heavy atom. The van der Waals surface area contributed by atoms with E-state index in [0.717, 1.165) is 0 Å². The molecule has 0 atom stereocenters. The molecule has 1 aliphatic rings. The van der Waals surface area contributed by atoms with Crippen LogP contribution in [0.25, 0.3) is 0 Å². The van der Waals surface area contributed by atoms with Gasteiger partial charge in [0.25, 0.3) is 0 Å². The molecule has 10 nitrogen and oxygen atoms in total. The highest BCUT2D eigenvalue weighted by Gasteiger charge is 2.32. The lowest BCUT2D eigenvalue weighted by Crippen LogP contribution is -2.41. The van der Waals surface area contributed by atoms with Gasteiger partial charge in [0.05, 0.1) is 38.8 Å². The number of methoxy groups -OCH3 is 2. The van der Waals surface area contributed by atoms with Crippen LogP contribution in [-0.4, -0.2) is 68.9 Å². The van der Waals surface area contributed by atoms with Crippen molar-refractivity contribution in [3.8, 4) is 11.5 Å². The summed E-state index contributed by atoms with van der Waals surface area (Å²) in [6.45, 7) is 4.47. The molecule has 1 fully saturated rings. The van der Waals surface area contributed by atoms with Crippen molar-refractivity contribution in [2.45, 2.75) is 25.3 Å². The fourth-order valence-electron chi connectivity index (χ4n) is 3.37. The Kier molecular flexibility index (Phi) is 6.64. The lowest BCUT2D eigenvalue weighted by atomic mass is 10.2. The lowest BCUT2D eigenvalue weighted by Gasteiger charge is -2.26. The summed E-state index contributed by atoms with van der Waals surface area (Å²) in [4.78, 5) is 12.7. The number of nitrogens with zero attached hydrogens (tertiary/aromatic N) is 3. The number of hydrogen-bond donors (Lipinski definition) is 1. The van der Waals surface area contributed by atoms with E-state index in [1.807, 2.05) is 0 Å². The van der Waals surface area contributed by atoms with Crippen molar-refractivity contribution in [1.82, 2.24) is 14.1 Å². The van der Waals surface area contributed by atoms with E-state index < -0.39 is 10.0 Å². The Morgan fingerprint density at radius 1 is 1.17 bits per heavy atom. The molecule has 1 saturated heterocycles. The molecule has 0 bridgehead atoms. The molecular weight excluding hydrogens is 412 g/mol. The van der Waals surface area contributed by atoms with Gasteiger partial charge in [0.2, 0.25) is 15.9 Å². The first kappa shape index (κ1) is 22.1. The number of rotatable bonds is 7. The summed E-state index contributed by atoms with van der Waals surface area (Å²) < 4.78 is 44.5. The van der Waals surface area contributed by atoms with Crippen LogP contribution in [0, 0.1) is 13.8 Å². The van der Waals surface area contributed by atoms with Gasteiger partial charge in [0, 0.05) is 24.8 Å². The number of anilines is 1. The maximum atomic E-state index is 13.0. The quantitative estimate of drug-likeness (QED) is 0.691. The summed E-state index contributed by atoms with van der Waals surface area (Å²) >= 11 is 0. The Bertz CT molecular complexity index is 1030. The molecule has 0 saturated carbocycles. The van der Waals surface area contributed by atoms with E-state index in [4.69, 9.17) is 14.2 Å². The second-order valence-electron chi connectivity index (χ2n) is 6.79. The summed E-state index contributed by atoms with van der Waals surface area (Å²) in [5, 5.41) is 7.05. The van der Waals surface area contributed by atoms with E-state index >= 15 is 0 Å². The molecule has 1 amide bonds.